The Hall–Kier alpha value is -0.320. The fraction of sp³-hybridized carbons (Fsp3) is 1.00. The molecule has 3 rings (SSSR count). The van der Waals surface area contributed by atoms with Crippen LogP contribution in [0, 0.1) is 0 Å². The zero-order chi connectivity index (χ0) is 18.1. The third-order valence-corrected chi connectivity index (χ3v) is 4.53. The van der Waals surface area contributed by atoms with Gasteiger partial charge in [-0.25, -0.2) is 0 Å². The summed E-state index contributed by atoms with van der Waals surface area (Å²) in [7, 11) is 0. The largest absolute Gasteiger partial charge is 0.379 e. The van der Waals surface area contributed by atoms with Crippen molar-refractivity contribution in [3.8, 4) is 0 Å². The van der Waals surface area contributed by atoms with Crippen molar-refractivity contribution in [2.45, 2.75) is 0 Å². The molecule has 0 spiro atoms. The second-order valence-corrected chi connectivity index (χ2v) is 6.50. The summed E-state index contributed by atoms with van der Waals surface area (Å²) >= 11 is 0. The van der Waals surface area contributed by atoms with E-state index >= 15 is 0 Å². The van der Waals surface area contributed by atoms with Gasteiger partial charge in [-0.3, -0.25) is 9.80 Å². The molecule has 0 aromatic rings. The highest BCUT2D eigenvalue weighted by Crippen LogP contribution is 1.94. The summed E-state index contributed by atoms with van der Waals surface area (Å²) in [5.41, 5.74) is 0. The highest BCUT2D eigenvalue weighted by molar-refractivity contribution is 4.61. The summed E-state index contributed by atoms with van der Waals surface area (Å²) in [4.78, 5) is 4.71. The van der Waals surface area contributed by atoms with E-state index in [9.17, 15) is 0 Å². The molecule has 0 aromatic heterocycles. The Kier molecular flexibility index (Phi) is 13.3. The first-order valence-corrected chi connectivity index (χ1v) is 9.99. The Balaban J connectivity index is 1.87. The molecule has 3 fully saturated rings. The number of nitrogens with one attached hydrogen (secondary N) is 1. The van der Waals surface area contributed by atoms with E-state index in [1.807, 2.05) is 0 Å². The van der Waals surface area contributed by atoms with Crippen molar-refractivity contribution in [2.75, 3.05) is 118 Å². The van der Waals surface area contributed by atoms with Crippen molar-refractivity contribution in [3.63, 3.8) is 0 Å². The third kappa shape index (κ3) is 11.4. The van der Waals surface area contributed by atoms with Crippen LogP contribution in [0.4, 0.5) is 0 Å². The molecule has 0 atom stereocenters. The third-order valence-electron chi connectivity index (χ3n) is 4.53. The van der Waals surface area contributed by atoms with Crippen LogP contribution in [0.5, 0.6) is 0 Å². The molecule has 0 saturated carbocycles. The number of hydrogen-bond acceptors (Lipinski definition) is 8. The first kappa shape index (κ1) is 22.0. The molecule has 0 amide bonds. The zero-order valence-electron chi connectivity index (χ0n) is 16.2. The highest BCUT2D eigenvalue weighted by atomic mass is 16.5. The summed E-state index contributed by atoms with van der Waals surface area (Å²) in [6.45, 7) is 14.2. The predicted molar refractivity (Wildman–Crippen MR) is 99.8 cm³/mol. The van der Waals surface area contributed by atoms with Crippen LogP contribution in [0.15, 0.2) is 0 Å². The Morgan fingerprint density at radius 2 is 0.769 bits per heavy atom. The van der Waals surface area contributed by atoms with E-state index in [-0.39, 0.29) is 0 Å². The van der Waals surface area contributed by atoms with E-state index in [1.165, 1.54) is 0 Å². The maximum atomic E-state index is 5.76. The smallest absolute Gasteiger partial charge is 0.0701 e. The van der Waals surface area contributed by atoms with Gasteiger partial charge in [-0.05, 0) is 0 Å². The van der Waals surface area contributed by atoms with Gasteiger partial charge >= 0.3 is 0 Å². The van der Waals surface area contributed by atoms with Crippen molar-refractivity contribution >= 4 is 0 Å². The first-order valence-electron chi connectivity index (χ1n) is 9.99. The van der Waals surface area contributed by atoms with Gasteiger partial charge in [0.25, 0.3) is 0 Å². The average Bonchev–Trinajstić information content (AvgIpc) is 2.65. The number of hydrogen-bond donors (Lipinski definition) is 1. The van der Waals surface area contributed by atoms with E-state index < -0.39 is 0 Å². The molecule has 0 radical (unpaired) electrons. The molecule has 3 heterocycles. The van der Waals surface area contributed by atoms with E-state index in [2.05, 4.69) is 15.1 Å². The van der Waals surface area contributed by atoms with Gasteiger partial charge in [0.2, 0.25) is 0 Å². The van der Waals surface area contributed by atoms with Crippen LogP contribution in [0.25, 0.3) is 0 Å². The minimum Gasteiger partial charge on any atom is -0.379 e. The maximum Gasteiger partial charge on any atom is 0.0701 e. The zero-order valence-corrected chi connectivity index (χ0v) is 16.2. The van der Waals surface area contributed by atoms with Gasteiger partial charge in [0.1, 0.15) is 0 Å². The van der Waals surface area contributed by atoms with Gasteiger partial charge in [0.15, 0.2) is 0 Å². The van der Waals surface area contributed by atoms with Crippen LogP contribution in [0.1, 0.15) is 0 Å². The molecule has 3 aliphatic heterocycles. The molecule has 8 heteroatoms. The lowest BCUT2D eigenvalue weighted by molar-refractivity contribution is 0.00338. The fourth-order valence-electron chi connectivity index (χ4n) is 2.89. The van der Waals surface area contributed by atoms with Gasteiger partial charge in [0.05, 0.1) is 66.1 Å². The molecular formula is C18H37N3O5. The molecule has 3 aliphatic rings. The Morgan fingerprint density at radius 3 is 1.23 bits per heavy atom. The lowest BCUT2D eigenvalue weighted by Gasteiger charge is -2.24. The minimum atomic E-state index is 0.644. The lowest BCUT2D eigenvalue weighted by atomic mass is 10.4. The number of rotatable bonds is 0. The van der Waals surface area contributed by atoms with Gasteiger partial charge < -0.3 is 29.0 Å². The molecule has 0 unspecified atom stereocenters. The van der Waals surface area contributed by atoms with Crippen LogP contribution in [0.2, 0.25) is 0 Å². The van der Waals surface area contributed by atoms with Crippen LogP contribution < -0.4 is 5.32 Å². The summed E-state index contributed by atoms with van der Waals surface area (Å²) in [6.07, 6.45) is 0. The summed E-state index contributed by atoms with van der Waals surface area (Å²) in [5, 5.41) is 3.46. The van der Waals surface area contributed by atoms with Crippen molar-refractivity contribution < 1.29 is 23.7 Å². The predicted octanol–water partition coefficient (Wildman–Crippen LogP) is -0.710. The van der Waals surface area contributed by atoms with Gasteiger partial charge in [-0.1, -0.05) is 0 Å². The van der Waals surface area contributed by atoms with E-state index in [4.69, 9.17) is 23.7 Å². The van der Waals surface area contributed by atoms with Crippen LogP contribution in [0.3, 0.4) is 0 Å². The standard InChI is InChI=1S/C18H37N3O5/c1-3-20-4-11-23-15-17-25-13-7-21(6-10-22-9-2-19-1)8-14-26-18-16-24-12-5-20/h19H,1-18H2. The van der Waals surface area contributed by atoms with Crippen LogP contribution in [-0.4, -0.2) is 128 Å². The van der Waals surface area contributed by atoms with E-state index in [0.29, 0.717) is 39.6 Å². The van der Waals surface area contributed by atoms with Crippen LogP contribution >= 0.6 is 0 Å². The van der Waals surface area contributed by atoms with Crippen LogP contribution in [-0.2, 0) is 23.7 Å². The summed E-state index contributed by atoms with van der Waals surface area (Å²) < 4.78 is 28.6. The quantitative estimate of drug-likeness (QED) is 0.596. The molecular weight excluding hydrogens is 338 g/mol. The van der Waals surface area contributed by atoms with Gasteiger partial charge in [-0.15, -0.1) is 0 Å². The Bertz CT molecular complexity index is 248. The Morgan fingerprint density at radius 1 is 0.385 bits per heavy atom. The topological polar surface area (TPSA) is 64.7 Å². The maximum absolute atomic E-state index is 5.76. The normalized spacial score (nSPS) is 30.5. The van der Waals surface area contributed by atoms with Gasteiger partial charge in [-0.2, -0.15) is 0 Å². The molecule has 2 bridgehead atoms. The van der Waals surface area contributed by atoms with E-state index in [1.54, 1.807) is 0 Å². The average molecular weight is 376 g/mol. The number of nitrogens with zero attached hydrogens (tertiary/aromatic N) is 2. The molecule has 0 aliphatic carbocycles. The second kappa shape index (κ2) is 15.7. The van der Waals surface area contributed by atoms with Crippen molar-refractivity contribution in [1.29, 1.82) is 0 Å². The highest BCUT2D eigenvalue weighted by Gasteiger charge is 2.08. The molecule has 1 N–H and O–H groups in total. The van der Waals surface area contributed by atoms with Crippen molar-refractivity contribution in [2.24, 2.45) is 0 Å². The van der Waals surface area contributed by atoms with Crippen molar-refractivity contribution in [1.82, 2.24) is 15.1 Å². The fourth-order valence-corrected chi connectivity index (χ4v) is 2.89. The lowest BCUT2D eigenvalue weighted by Crippen LogP contribution is -2.38. The molecule has 26 heavy (non-hydrogen) atoms. The van der Waals surface area contributed by atoms with Gasteiger partial charge in [0, 0.05) is 52.4 Å². The number of ether oxygens (including phenoxy) is 5. The summed E-state index contributed by atoms with van der Waals surface area (Å²) in [5.74, 6) is 0. The molecule has 154 valence electrons. The molecule has 8 nitrogen and oxygen atoms in total. The number of fused-ring (bicyclic) bond motifs is 21. The monoisotopic (exact) mass is 375 g/mol. The second-order valence-electron chi connectivity index (χ2n) is 6.50. The molecule has 3 saturated heterocycles. The SMILES string of the molecule is C1COCCN2CCOCCOCCN(CCN1)CCOCCOCC2. The van der Waals surface area contributed by atoms with Crippen molar-refractivity contribution in [3.05, 3.63) is 0 Å². The first-order chi connectivity index (χ1) is 12.9. The minimum absolute atomic E-state index is 0.644. The Labute approximate surface area is 158 Å². The van der Waals surface area contributed by atoms with E-state index in [0.717, 1.165) is 78.8 Å². The molecule has 0 aromatic carbocycles. The summed E-state index contributed by atoms with van der Waals surface area (Å²) in [6, 6.07) is 0.